The van der Waals surface area contributed by atoms with Gasteiger partial charge in [0.2, 0.25) is 10.0 Å². The summed E-state index contributed by atoms with van der Waals surface area (Å²) in [5, 5.41) is 4.19. The summed E-state index contributed by atoms with van der Waals surface area (Å²) in [6, 6.07) is 3.72. The molecule has 0 aromatic carbocycles. The van der Waals surface area contributed by atoms with Crippen molar-refractivity contribution in [2.75, 3.05) is 36.8 Å². The van der Waals surface area contributed by atoms with Gasteiger partial charge in [0.05, 0.1) is 5.75 Å². The second-order valence-electron chi connectivity index (χ2n) is 5.37. The topological polar surface area (TPSA) is 84.2 Å². The first-order valence-electron chi connectivity index (χ1n) is 7.58. The van der Waals surface area contributed by atoms with Gasteiger partial charge in [0.15, 0.2) is 5.82 Å². The maximum Gasteiger partial charge on any atom is 0.213 e. The van der Waals surface area contributed by atoms with Crippen LogP contribution in [0.15, 0.2) is 24.5 Å². The number of piperazine rings is 1. The normalized spacial score (nSPS) is 16.7. The highest BCUT2D eigenvalue weighted by molar-refractivity contribution is 7.89. The molecule has 0 spiro atoms. The van der Waals surface area contributed by atoms with E-state index in [-0.39, 0.29) is 5.75 Å². The number of hydrogen-bond acceptors (Lipinski definition) is 6. The molecule has 2 aromatic rings. The van der Waals surface area contributed by atoms with E-state index in [0.717, 1.165) is 5.82 Å². The molecule has 1 saturated heterocycles. The molecule has 3 heterocycles. The minimum absolute atomic E-state index is 0.142. The smallest absolute Gasteiger partial charge is 0.213 e. The van der Waals surface area contributed by atoms with E-state index >= 15 is 0 Å². The third-order valence-corrected chi connectivity index (χ3v) is 5.75. The van der Waals surface area contributed by atoms with Crippen molar-refractivity contribution in [3.63, 3.8) is 0 Å². The number of hydrogen-bond donors (Lipinski definition) is 0. The van der Waals surface area contributed by atoms with Gasteiger partial charge in [0.25, 0.3) is 0 Å². The second-order valence-corrected chi connectivity index (χ2v) is 7.63. The average Bonchev–Trinajstić information content (AvgIpc) is 3.09. The summed E-state index contributed by atoms with van der Waals surface area (Å²) >= 11 is 0. The van der Waals surface area contributed by atoms with Gasteiger partial charge < -0.3 is 4.90 Å². The molecule has 0 saturated carbocycles. The van der Waals surface area contributed by atoms with E-state index in [4.69, 9.17) is 0 Å². The Morgan fingerprint density at radius 1 is 1.13 bits per heavy atom. The van der Waals surface area contributed by atoms with Crippen LogP contribution in [0.4, 0.5) is 5.82 Å². The Kier molecular flexibility index (Phi) is 4.31. The fraction of sp³-hybridized carbons (Fsp3) is 0.500. The highest BCUT2D eigenvalue weighted by Crippen LogP contribution is 2.18. The summed E-state index contributed by atoms with van der Waals surface area (Å²) in [6.45, 7) is 5.72. The predicted octanol–water partition coefficient (Wildman–Crippen LogP) is 0.442. The molecule has 3 rings (SSSR count). The second kappa shape index (κ2) is 6.25. The molecule has 1 aliphatic rings. The van der Waals surface area contributed by atoms with Gasteiger partial charge in [0, 0.05) is 44.6 Å². The van der Waals surface area contributed by atoms with Gasteiger partial charge in [-0.3, -0.25) is 0 Å². The van der Waals surface area contributed by atoms with Crippen LogP contribution in [0.25, 0.3) is 5.82 Å². The van der Waals surface area contributed by atoms with Crippen molar-refractivity contribution < 1.29 is 8.42 Å². The number of aromatic nitrogens is 4. The van der Waals surface area contributed by atoms with Gasteiger partial charge >= 0.3 is 0 Å². The Balaban J connectivity index is 1.79. The molecular weight excluding hydrogens is 316 g/mol. The zero-order valence-corrected chi connectivity index (χ0v) is 14.1. The molecule has 2 aromatic heterocycles. The van der Waals surface area contributed by atoms with Crippen LogP contribution in [0, 0.1) is 6.92 Å². The van der Waals surface area contributed by atoms with E-state index in [0.29, 0.717) is 37.8 Å². The van der Waals surface area contributed by atoms with E-state index in [1.807, 2.05) is 25.3 Å². The SMILES string of the molecule is CCS(=O)(=O)N1CCN(c2cc(-n3cccn3)nc(C)n2)CC1. The Labute approximate surface area is 135 Å². The molecule has 8 nitrogen and oxygen atoms in total. The molecule has 0 aliphatic carbocycles. The van der Waals surface area contributed by atoms with Crippen molar-refractivity contribution in [2.45, 2.75) is 13.8 Å². The van der Waals surface area contributed by atoms with Crippen LogP contribution in [0.2, 0.25) is 0 Å². The monoisotopic (exact) mass is 336 g/mol. The molecule has 0 amide bonds. The van der Waals surface area contributed by atoms with Gasteiger partial charge in [-0.25, -0.2) is 23.1 Å². The fourth-order valence-corrected chi connectivity index (χ4v) is 3.68. The van der Waals surface area contributed by atoms with E-state index in [9.17, 15) is 8.42 Å². The molecule has 1 fully saturated rings. The van der Waals surface area contributed by atoms with Gasteiger partial charge in [-0.15, -0.1) is 0 Å². The van der Waals surface area contributed by atoms with Crippen LogP contribution in [0.5, 0.6) is 0 Å². The highest BCUT2D eigenvalue weighted by atomic mass is 32.2. The molecule has 124 valence electrons. The molecule has 9 heteroatoms. The predicted molar refractivity (Wildman–Crippen MR) is 87.1 cm³/mol. The standard InChI is InChI=1S/C14H20N6O2S/c1-3-23(21,22)19-9-7-18(8-10-19)13-11-14(17-12(2)16-13)20-6-4-5-15-20/h4-6,11H,3,7-10H2,1-2H3. The summed E-state index contributed by atoms with van der Waals surface area (Å²) < 4.78 is 27.1. The van der Waals surface area contributed by atoms with Gasteiger partial charge in [-0.2, -0.15) is 9.40 Å². The van der Waals surface area contributed by atoms with Gasteiger partial charge in [-0.1, -0.05) is 0 Å². The van der Waals surface area contributed by atoms with Crippen LogP contribution in [0.1, 0.15) is 12.7 Å². The molecular formula is C14H20N6O2S. The Hall–Kier alpha value is -2.00. The number of anilines is 1. The van der Waals surface area contributed by atoms with Crippen LogP contribution in [0.3, 0.4) is 0 Å². The first-order chi connectivity index (χ1) is 11.0. The summed E-state index contributed by atoms with van der Waals surface area (Å²) in [4.78, 5) is 11.0. The van der Waals surface area contributed by atoms with Crippen molar-refractivity contribution in [3.05, 3.63) is 30.4 Å². The zero-order chi connectivity index (χ0) is 16.4. The lowest BCUT2D eigenvalue weighted by Gasteiger charge is -2.34. The molecule has 0 bridgehead atoms. The summed E-state index contributed by atoms with van der Waals surface area (Å²) in [5.74, 6) is 2.32. The van der Waals surface area contributed by atoms with Crippen molar-refractivity contribution >= 4 is 15.8 Å². The molecule has 0 radical (unpaired) electrons. The summed E-state index contributed by atoms with van der Waals surface area (Å²) in [5.41, 5.74) is 0. The van der Waals surface area contributed by atoms with Crippen molar-refractivity contribution in [2.24, 2.45) is 0 Å². The lowest BCUT2D eigenvalue weighted by molar-refractivity contribution is 0.384. The van der Waals surface area contributed by atoms with Crippen molar-refractivity contribution in [3.8, 4) is 5.82 Å². The van der Waals surface area contributed by atoms with Crippen LogP contribution < -0.4 is 4.90 Å². The maximum atomic E-state index is 11.9. The van der Waals surface area contributed by atoms with Gasteiger partial charge in [-0.05, 0) is 19.9 Å². The number of rotatable bonds is 4. The van der Waals surface area contributed by atoms with Crippen molar-refractivity contribution in [1.29, 1.82) is 0 Å². The molecule has 23 heavy (non-hydrogen) atoms. The average molecular weight is 336 g/mol. The first-order valence-corrected chi connectivity index (χ1v) is 9.19. The first kappa shape index (κ1) is 15.9. The van der Waals surface area contributed by atoms with E-state index in [1.54, 1.807) is 22.1 Å². The minimum atomic E-state index is -3.12. The number of nitrogens with zero attached hydrogens (tertiary/aromatic N) is 6. The molecule has 0 unspecified atom stereocenters. The highest BCUT2D eigenvalue weighted by Gasteiger charge is 2.26. The van der Waals surface area contributed by atoms with Gasteiger partial charge in [0.1, 0.15) is 11.6 Å². The molecule has 0 N–H and O–H groups in total. The number of aryl methyl sites for hydroxylation is 1. The van der Waals surface area contributed by atoms with Crippen LogP contribution in [-0.2, 0) is 10.0 Å². The Morgan fingerprint density at radius 2 is 1.83 bits per heavy atom. The zero-order valence-electron chi connectivity index (χ0n) is 13.3. The van der Waals surface area contributed by atoms with E-state index in [2.05, 4.69) is 20.0 Å². The third kappa shape index (κ3) is 3.35. The van der Waals surface area contributed by atoms with E-state index < -0.39 is 10.0 Å². The van der Waals surface area contributed by atoms with Crippen molar-refractivity contribution in [1.82, 2.24) is 24.1 Å². The maximum absolute atomic E-state index is 11.9. The van der Waals surface area contributed by atoms with E-state index in [1.165, 1.54) is 0 Å². The Bertz CT molecular complexity index is 767. The molecule has 1 aliphatic heterocycles. The van der Waals surface area contributed by atoms with Crippen LogP contribution in [-0.4, -0.2) is 64.4 Å². The largest absolute Gasteiger partial charge is 0.354 e. The summed E-state index contributed by atoms with van der Waals surface area (Å²) in [7, 11) is -3.12. The number of sulfonamides is 1. The quantitative estimate of drug-likeness (QED) is 0.806. The minimum Gasteiger partial charge on any atom is -0.354 e. The lowest BCUT2D eigenvalue weighted by atomic mass is 10.3. The molecule has 0 atom stereocenters. The lowest BCUT2D eigenvalue weighted by Crippen LogP contribution is -2.49. The summed E-state index contributed by atoms with van der Waals surface area (Å²) in [6.07, 6.45) is 3.53. The third-order valence-electron chi connectivity index (χ3n) is 3.87. The Morgan fingerprint density at radius 3 is 2.43 bits per heavy atom. The fourth-order valence-electron chi connectivity index (χ4n) is 2.60. The van der Waals surface area contributed by atoms with Crippen LogP contribution >= 0.6 is 0 Å².